The van der Waals surface area contributed by atoms with Gasteiger partial charge in [-0.3, -0.25) is 0 Å². The Balaban J connectivity index is 2.90. The third kappa shape index (κ3) is 3.03. The summed E-state index contributed by atoms with van der Waals surface area (Å²) in [6.45, 7) is -0.228. The summed E-state index contributed by atoms with van der Waals surface area (Å²) in [5.74, 6) is 0.573. The SMILES string of the molecule is COc1ccc(S(=O)(=O)NCC=O)cc1. The van der Waals surface area contributed by atoms with Crippen molar-refractivity contribution >= 4 is 16.3 Å². The smallest absolute Gasteiger partial charge is 0.240 e. The third-order valence-corrected chi connectivity index (χ3v) is 3.17. The van der Waals surface area contributed by atoms with Crippen LogP contribution < -0.4 is 9.46 Å². The number of rotatable bonds is 5. The molecular formula is C9H11NO4S. The molecule has 0 amide bonds. The molecule has 1 aromatic rings. The van der Waals surface area contributed by atoms with Gasteiger partial charge in [0.25, 0.3) is 0 Å². The molecule has 0 saturated heterocycles. The van der Waals surface area contributed by atoms with E-state index in [-0.39, 0.29) is 11.4 Å². The van der Waals surface area contributed by atoms with E-state index in [0.717, 1.165) is 0 Å². The average Bonchev–Trinajstić information content (AvgIpc) is 2.26. The number of nitrogens with one attached hydrogen (secondary N) is 1. The highest BCUT2D eigenvalue weighted by molar-refractivity contribution is 7.89. The summed E-state index contributed by atoms with van der Waals surface area (Å²) in [5.41, 5.74) is 0. The standard InChI is InChI=1S/C9H11NO4S/c1-14-8-2-4-9(5-3-8)15(12,13)10-6-7-11/h2-5,7,10H,6H2,1H3. The van der Waals surface area contributed by atoms with Gasteiger partial charge in [-0.15, -0.1) is 0 Å². The average molecular weight is 229 g/mol. The Morgan fingerprint density at radius 3 is 2.40 bits per heavy atom. The zero-order chi connectivity index (χ0) is 11.3. The Labute approximate surface area is 88.1 Å². The predicted molar refractivity (Wildman–Crippen MR) is 54.2 cm³/mol. The minimum Gasteiger partial charge on any atom is -0.497 e. The highest BCUT2D eigenvalue weighted by atomic mass is 32.2. The number of carbonyl (C=O) groups is 1. The zero-order valence-electron chi connectivity index (χ0n) is 8.14. The van der Waals surface area contributed by atoms with Gasteiger partial charge in [-0.05, 0) is 24.3 Å². The van der Waals surface area contributed by atoms with Crippen molar-refractivity contribution in [1.82, 2.24) is 4.72 Å². The van der Waals surface area contributed by atoms with E-state index in [1.165, 1.54) is 31.4 Å². The molecule has 82 valence electrons. The molecule has 1 N–H and O–H groups in total. The lowest BCUT2D eigenvalue weighted by molar-refractivity contribution is -0.106. The molecule has 0 atom stereocenters. The molecule has 0 aliphatic heterocycles. The molecule has 15 heavy (non-hydrogen) atoms. The summed E-state index contributed by atoms with van der Waals surface area (Å²) in [6.07, 6.45) is 0.487. The van der Waals surface area contributed by atoms with E-state index in [1.807, 2.05) is 0 Å². The number of benzene rings is 1. The number of carbonyl (C=O) groups excluding carboxylic acids is 1. The van der Waals surface area contributed by atoms with Crippen LogP contribution in [-0.2, 0) is 14.8 Å². The van der Waals surface area contributed by atoms with E-state index in [9.17, 15) is 13.2 Å². The lowest BCUT2D eigenvalue weighted by Crippen LogP contribution is -2.25. The topological polar surface area (TPSA) is 72.5 Å². The second-order valence-corrected chi connectivity index (χ2v) is 4.46. The zero-order valence-corrected chi connectivity index (χ0v) is 8.95. The molecule has 0 aliphatic carbocycles. The van der Waals surface area contributed by atoms with Crippen molar-refractivity contribution in [3.63, 3.8) is 0 Å². The van der Waals surface area contributed by atoms with Crippen molar-refractivity contribution in [2.24, 2.45) is 0 Å². The van der Waals surface area contributed by atoms with Gasteiger partial charge in [0.05, 0.1) is 18.6 Å². The first-order valence-corrected chi connectivity index (χ1v) is 5.66. The maximum Gasteiger partial charge on any atom is 0.240 e. The van der Waals surface area contributed by atoms with Crippen LogP contribution in [0.2, 0.25) is 0 Å². The molecule has 0 radical (unpaired) electrons. The number of hydrogen-bond acceptors (Lipinski definition) is 4. The van der Waals surface area contributed by atoms with Crippen LogP contribution in [0.3, 0.4) is 0 Å². The van der Waals surface area contributed by atoms with E-state index in [1.54, 1.807) is 0 Å². The second-order valence-electron chi connectivity index (χ2n) is 2.69. The molecule has 0 heterocycles. The first-order chi connectivity index (χ1) is 7.10. The summed E-state index contributed by atoms with van der Waals surface area (Å²) in [6, 6.07) is 5.89. The van der Waals surface area contributed by atoms with Crippen molar-refractivity contribution < 1.29 is 17.9 Å². The molecule has 0 spiro atoms. The van der Waals surface area contributed by atoms with Crippen LogP contribution in [0.1, 0.15) is 0 Å². The maximum absolute atomic E-state index is 11.5. The number of sulfonamides is 1. The van der Waals surface area contributed by atoms with Crippen LogP contribution in [0.15, 0.2) is 29.2 Å². The molecule has 0 aliphatic rings. The van der Waals surface area contributed by atoms with E-state index in [0.29, 0.717) is 12.0 Å². The summed E-state index contributed by atoms with van der Waals surface area (Å²) in [4.78, 5) is 10.1. The molecule has 0 aromatic heterocycles. The van der Waals surface area contributed by atoms with Crippen molar-refractivity contribution in [2.45, 2.75) is 4.90 Å². The van der Waals surface area contributed by atoms with Crippen molar-refractivity contribution in [3.05, 3.63) is 24.3 Å². The molecule has 0 unspecified atom stereocenters. The van der Waals surface area contributed by atoms with E-state index in [4.69, 9.17) is 4.74 Å². The van der Waals surface area contributed by atoms with Crippen LogP contribution in [0.5, 0.6) is 5.75 Å². The van der Waals surface area contributed by atoms with Gasteiger partial charge in [0.1, 0.15) is 12.0 Å². The summed E-state index contributed by atoms with van der Waals surface area (Å²) in [5, 5.41) is 0. The Hall–Kier alpha value is -1.40. The van der Waals surface area contributed by atoms with E-state index in [2.05, 4.69) is 4.72 Å². The maximum atomic E-state index is 11.5. The van der Waals surface area contributed by atoms with Crippen LogP contribution >= 0.6 is 0 Å². The van der Waals surface area contributed by atoms with Gasteiger partial charge >= 0.3 is 0 Å². The monoisotopic (exact) mass is 229 g/mol. The molecule has 1 aromatic carbocycles. The Morgan fingerprint density at radius 2 is 1.93 bits per heavy atom. The fourth-order valence-electron chi connectivity index (χ4n) is 0.982. The Bertz CT molecular complexity index is 424. The molecule has 1 rings (SSSR count). The van der Waals surface area contributed by atoms with Gasteiger partial charge in [0.2, 0.25) is 10.0 Å². The number of hydrogen-bond donors (Lipinski definition) is 1. The van der Waals surface area contributed by atoms with Gasteiger partial charge in [-0.1, -0.05) is 0 Å². The van der Waals surface area contributed by atoms with Crippen LogP contribution in [0.25, 0.3) is 0 Å². The molecular weight excluding hydrogens is 218 g/mol. The third-order valence-electron chi connectivity index (χ3n) is 1.73. The van der Waals surface area contributed by atoms with Gasteiger partial charge in [0, 0.05) is 0 Å². The van der Waals surface area contributed by atoms with Gasteiger partial charge in [-0.2, -0.15) is 0 Å². The lowest BCUT2D eigenvalue weighted by atomic mass is 10.3. The fourth-order valence-corrected chi connectivity index (χ4v) is 1.93. The summed E-state index contributed by atoms with van der Waals surface area (Å²) >= 11 is 0. The molecule has 0 saturated carbocycles. The minimum absolute atomic E-state index is 0.102. The molecule has 6 heteroatoms. The largest absolute Gasteiger partial charge is 0.497 e. The van der Waals surface area contributed by atoms with E-state index < -0.39 is 10.0 Å². The van der Waals surface area contributed by atoms with Crippen LogP contribution in [0, 0.1) is 0 Å². The number of methoxy groups -OCH3 is 1. The first-order valence-electron chi connectivity index (χ1n) is 4.17. The lowest BCUT2D eigenvalue weighted by Gasteiger charge is -2.04. The van der Waals surface area contributed by atoms with Gasteiger partial charge < -0.3 is 9.53 Å². The quantitative estimate of drug-likeness (QED) is 0.731. The minimum atomic E-state index is -3.58. The summed E-state index contributed by atoms with van der Waals surface area (Å²) in [7, 11) is -2.09. The van der Waals surface area contributed by atoms with Gasteiger partial charge in [0.15, 0.2) is 0 Å². The molecule has 0 bridgehead atoms. The van der Waals surface area contributed by atoms with E-state index >= 15 is 0 Å². The van der Waals surface area contributed by atoms with Crippen LogP contribution in [-0.4, -0.2) is 28.4 Å². The Morgan fingerprint density at radius 1 is 1.33 bits per heavy atom. The predicted octanol–water partition coefficient (Wildman–Crippen LogP) is 0.172. The first kappa shape index (κ1) is 11.7. The fraction of sp³-hybridized carbons (Fsp3) is 0.222. The van der Waals surface area contributed by atoms with Crippen molar-refractivity contribution in [3.8, 4) is 5.75 Å². The highest BCUT2D eigenvalue weighted by Gasteiger charge is 2.12. The molecule has 5 nitrogen and oxygen atoms in total. The van der Waals surface area contributed by atoms with Crippen LogP contribution in [0.4, 0.5) is 0 Å². The summed E-state index contributed by atoms with van der Waals surface area (Å²) < 4.78 is 30.0. The number of aldehydes is 1. The Kier molecular flexibility index (Phi) is 3.81. The number of ether oxygens (including phenoxy) is 1. The van der Waals surface area contributed by atoms with Crippen molar-refractivity contribution in [2.75, 3.05) is 13.7 Å². The normalized spacial score (nSPS) is 11.0. The second kappa shape index (κ2) is 4.90. The highest BCUT2D eigenvalue weighted by Crippen LogP contribution is 2.14. The molecule has 0 fully saturated rings. The van der Waals surface area contributed by atoms with Gasteiger partial charge in [-0.25, -0.2) is 13.1 Å². The van der Waals surface area contributed by atoms with Crippen molar-refractivity contribution in [1.29, 1.82) is 0 Å².